The largest absolute Gasteiger partial charge is 0.496 e. The molecule has 0 bridgehead atoms. The quantitative estimate of drug-likeness (QED) is 0.887. The molecule has 21 heavy (non-hydrogen) atoms. The van der Waals surface area contributed by atoms with Crippen LogP contribution in [0.2, 0.25) is 0 Å². The number of nitrogens with zero attached hydrogens (tertiary/aromatic N) is 1. The van der Waals surface area contributed by atoms with Crippen molar-refractivity contribution in [3.05, 3.63) is 23.8 Å². The number of sulfonamides is 1. The minimum atomic E-state index is -3.56. The summed E-state index contributed by atoms with van der Waals surface area (Å²) < 4.78 is 31.3. The van der Waals surface area contributed by atoms with Crippen LogP contribution in [0.15, 0.2) is 23.1 Å². The molecule has 1 aliphatic rings. The summed E-state index contributed by atoms with van der Waals surface area (Å²) in [5.74, 6) is -0.919. The molecule has 1 saturated heterocycles. The zero-order chi connectivity index (χ0) is 15.8. The van der Waals surface area contributed by atoms with Crippen LogP contribution in [0.5, 0.6) is 5.75 Å². The van der Waals surface area contributed by atoms with Crippen molar-refractivity contribution in [2.75, 3.05) is 20.2 Å². The van der Waals surface area contributed by atoms with Crippen LogP contribution in [-0.4, -0.2) is 44.0 Å². The van der Waals surface area contributed by atoms with Crippen molar-refractivity contribution < 1.29 is 23.1 Å². The second-order valence-electron chi connectivity index (χ2n) is 5.34. The van der Waals surface area contributed by atoms with E-state index >= 15 is 0 Å². The standard InChI is InChI=1S/C14H19NO5S/c1-9-6-12(4-5-13(9)20-3)21(18,19)15-7-11(8-15)10(2)14(16)17/h4-6,10-11H,7-8H2,1-3H3,(H,16,17). The lowest BCUT2D eigenvalue weighted by molar-refractivity contribution is -0.144. The number of carboxylic acid groups (broad SMARTS) is 1. The van der Waals surface area contributed by atoms with Gasteiger partial charge in [-0.25, -0.2) is 8.42 Å². The molecular weight excluding hydrogens is 294 g/mol. The van der Waals surface area contributed by atoms with Crippen molar-refractivity contribution in [1.29, 1.82) is 0 Å². The van der Waals surface area contributed by atoms with Crippen molar-refractivity contribution in [3.8, 4) is 5.75 Å². The third-order valence-corrected chi connectivity index (χ3v) is 5.80. The van der Waals surface area contributed by atoms with Gasteiger partial charge in [0.05, 0.1) is 17.9 Å². The maximum absolute atomic E-state index is 12.4. The highest BCUT2D eigenvalue weighted by atomic mass is 32.2. The first-order chi connectivity index (χ1) is 9.77. The smallest absolute Gasteiger partial charge is 0.306 e. The SMILES string of the molecule is COc1ccc(S(=O)(=O)N2CC(C(C)C(=O)O)C2)cc1C. The number of carboxylic acids is 1. The molecule has 1 aromatic rings. The Labute approximate surface area is 124 Å². The lowest BCUT2D eigenvalue weighted by Gasteiger charge is -2.40. The van der Waals surface area contributed by atoms with Gasteiger partial charge in [-0.05, 0) is 36.6 Å². The van der Waals surface area contributed by atoms with E-state index in [0.717, 1.165) is 5.56 Å². The molecule has 6 nitrogen and oxygen atoms in total. The van der Waals surface area contributed by atoms with E-state index in [2.05, 4.69) is 0 Å². The molecule has 1 aliphatic heterocycles. The Morgan fingerprint density at radius 2 is 2.05 bits per heavy atom. The molecule has 1 atom stereocenters. The number of carbonyl (C=O) groups is 1. The summed E-state index contributed by atoms with van der Waals surface area (Å²) in [6, 6.07) is 4.70. The normalized spacial score (nSPS) is 18.0. The molecule has 1 unspecified atom stereocenters. The molecule has 0 aliphatic carbocycles. The molecular formula is C14H19NO5S. The van der Waals surface area contributed by atoms with Crippen LogP contribution in [-0.2, 0) is 14.8 Å². The van der Waals surface area contributed by atoms with Crippen LogP contribution < -0.4 is 4.74 Å². The highest BCUT2D eigenvalue weighted by Gasteiger charge is 2.41. The summed E-state index contributed by atoms with van der Waals surface area (Å²) in [5, 5.41) is 8.94. The summed E-state index contributed by atoms with van der Waals surface area (Å²) in [7, 11) is -2.03. The van der Waals surface area contributed by atoms with Crippen LogP contribution in [0.1, 0.15) is 12.5 Å². The summed E-state index contributed by atoms with van der Waals surface area (Å²) in [6.07, 6.45) is 0. The van der Waals surface area contributed by atoms with Crippen LogP contribution in [0.3, 0.4) is 0 Å². The molecule has 0 spiro atoms. The van der Waals surface area contributed by atoms with Gasteiger partial charge in [-0.3, -0.25) is 4.79 Å². The molecule has 1 N–H and O–H groups in total. The molecule has 1 aromatic carbocycles. The van der Waals surface area contributed by atoms with E-state index < -0.39 is 21.9 Å². The van der Waals surface area contributed by atoms with E-state index in [1.165, 1.54) is 17.5 Å². The fourth-order valence-corrected chi connectivity index (χ4v) is 3.98. The van der Waals surface area contributed by atoms with Crippen molar-refractivity contribution in [2.45, 2.75) is 18.7 Å². The maximum atomic E-state index is 12.4. The molecule has 0 radical (unpaired) electrons. The highest BCUT2D eigenvalue weighted by molar-refractivity contribution is 7.89. The van der Waals surface area contributed by atoms with E-state index in [0.29, 0.717) is 5.75 Å². The second kappa shape index (κ2) is 5.65. The Hall–Kier alpha value is -1.60. The Morgan fingerprint density at radius 1 is 1.43 bits per heavy atom. The Balaban J connectivity index is 2.14. The molecule has 0 saturated carbocycles. The summed E-state index contributed by atoms with van der Waals surface area (Å²) in [4.78, 5) is 11.1. The third-order valence-electron chi connectivity index (χ3n) is 3.98. The van der Waals surface area contributed by atoms with Gasteiger partial charge in [0.1, 0.15) is 5.75 Å². The molecule has 0 aromatic heterocycles. The zero-order valence-electron chi connectivity index (χ0n) is 12.2. The number of methoxy groups -OCH3 is 1. The number of benzene rings is 1. The van der Waals surface area contributed by atoms with Gasteiger partial charge < -0.3 is 9.84 Å². The van der Waals surface area contributed by atoms with Gasteiger partial charge in [-0.15, -0.1) is 0 Å². The molecule has 2 rings (SSSR count). The van der Waals surface area contributed by atoms with Crippen molar-refractivity contribution in [3.63, 3.8) is 0 Å². The van der Waals surface area contributed by atoms with Crippen LogP contribution in [0, 0.1) is 18.8 Å². The van der Waals surface area contributed by atoms with E-state index in [-0.39, 0.29) is 23.9 Å². The molecule has 7 heteroatoms. The topological polar surface area (TPSA) is 83.9 Å². The Bertz CT molecular complexity index is 649. The number of aryl methyl sites for hydroxylation is 1. The van der Waals surface area contributed by atoms with Crippen molar-refractivity contribution >= 4 is 16.0 Å². The maximum Gasteiger partial charge on any atom is 0.306 e. The molecule has 1 heterocycles. The average molecular weight is 313 g/mol. The Kier molecular flexibility index (Phi) is 4.25. The summed E-state index contributed by atoms with van der Waals surface area (Å²) in [6.45, 7) is 3.89. The Morgan fingerprint density at radius 3 is 2.52 bits per heavy atom. The highest BCUT2D eigenvalue weighted by Crippen LogP contribution is 2.31. The number of hydrogen-bond donors (Lipinski definition) is 1. The molecule has 116 valence electrons. The number of rotatable bonds is 5. The van der Waals surface area contributed by atoms with Gasteiger partial charge in [0, 0.05) is 13.1 Å². The molecule has 0 amide bonds. The third kappa shape index (κ3) is 2.89. The average Bonchev–Trinajstić information content (AvgIpc) is 2.36. The first-order valence-electron chi connectivity index (χ1n) is 6.65. The van der Waals surface area contributed by atoms with Gasteiger partial charge in [0.25, 0.3) is 0 Å². The van der Waals surface area contributed by atoms with Crippen LogP contribution in [0.25, 0.3) is 0 Å². The van der Waals surface area contributed by atoms with E-state index in [1.54, 1.807) is 26.0 Å². The van der Waals surface area contributed by atoms with E-state index in [9.17, 15) is 13.2 Å². The predicted molar refractivity (Wildman–Crippen MR) is 76.8 cm³/mol. The number of ether oxygens (including phenoxy) is 1. The fraction of sp³-hybridized carbons (Fsp3) is 0.500. The van der Waals surface area contributed by atoms with E-state index in [4.69, 9.17) is 9.84 Å². The monoisotopic (exact) mass is 313 g/mol. The van der Waals surface area contributed by atoms with Gasteiger partial charge >= 0.3 is 5.97 Å². The minimum Gasteiger partial charge on any atom is -0.496 e. The summed E-state index contributed by atoms with van der Waals surface area (Å²) in [5.41, 5.74) is 0.745. The van der Waals surface area contributed by atoms with Gasteiger partial charge in [-0.2, -0.15) is 4.31 Å². The van der Waals surface area contributed by atoms with Gasteiger partial charge in [0.2, 0.25) is 10.0 Å². The van der Waals surface area contributed by atoms with Crippen LogP contribution >= 0.6 is 0 Å². The fourth-order valence-electron chi connectivity index (χ4n) is 2.34. The van der Waals surface area contributed by atoms with Gasteiger partial charge in [-0.1, -0.05) is 6.92 Å². The number of hydrogen-bond acceptors (Lipinski definition) is 4. The van der Waals surface area contributed by atoms with Crippen LogP contribution in [0.4, 0.5) is 0 Å². The zero-order valence-corrected chi connectivity index (χ0v) is 13.1. The van der Waals surface area contributed by atoms with Crippen molar-refractivity contribution in [1.82, 2.24) is 4.31 Å². The first kappa shape index (κ1) is 15.8. The number of aliphatic carboxylic acids is 1. The van der Waals surface area contributed by atoms with E-state index in [1.807, 2.05) is 0 Å². The molecule has 1 fully saturated rings. The lowest BCUT2D eigenvalue weighted by atomic mass is 9.89. The first-order valence-corrected chi connectivity index (χ1v) is 8.09. The van der Waals surface area contributed by atoms with Gasteiger partial charge in [0.15, 0.2) is 0 Å². The minimum absolute atomic E-state index is 0.128. The predicted octanol–water partition coefficient (Wildman–Crippen LogP) is 1.34. The van der Waals surface area contributed by atoms with Crippen molar-refractivity contribution in [2.24, 2.45) is 11.8 Å². The summed E-state index contributed by atoms with van der Waals surface area (Å²) >= 11 is 0. The lowest BCUT2D eigenvalue weighted by Crippen LogP contribution is -2.53. The second-order valence-corrected chi connectivity index (χ2v) is 7.28.